The van der Waals surface area contributed by atoms with Gasteiger partial charge in [-0.05, 0) is 24.6 Å². The fourth-order valence-electron chi connectivity index (χ4n) is 3.23. The Morgan fingerprint density at radius 3 is 2.81 bits per heavy atom. The topological polar surface area (TPSA) is 69.7 Å². The molecule has 6 nitrogen and oxygen atoms in total. The third-order valence-corrected chi connectivity index (χ3v) is 6.05. The molecular formula is C18H21F2N3O3S. The molecule has 2 aliphatic rings. The third kappa shape index (κ3) is 4.97. The van der Waals surface area contributed by atoms with Crippen molar-refractivity contribution in [2.45, 2.75) is 24.5 Å². The second kappa shape index (κ2) is 8.69. The van der Waals surface area contributed by atoms with Crippen LogP contribution in [0.4, 0.5) is 13.6 Å². The van der Waals surface area contributed by atoms with Gasteiger partial charge in [0.1, 0.15) is 11.6 Å². The van der Waals surface area contributed by atoms with Gasteiger partial charge >= 0.3 is 6.03 Å². The molecule has 2 aliphatic heterocycles. The molecule has 2 fully saturated rings. The number of carbonyl (C=O) groups excluding carboxylic acids is 3. The Hall–Kier alpha value is -2.16. The van der Waals surface area contributed by atoms with Crippen LogP contribution in [0.5, 0.6) is 0 Å². The van der Waals surface area contributed by atoms with E-state index in [4.69, 9.17) is 0 Å². The van der Waals surface area contributed by atoms with Crippen LogP contribution < -0.4 is 5.32 Å². The fraction of sp³-hybridized carbons (Fsp3) is 0.500. The highest BCUT2D eigenvalue weighted by Crippen LogP contribution is 2.36. The van der Waals surface area contributed by atoms with Gasteiger partial charge in [0.25, 0.3) is 0 Å². The Morgan fingerprint density at radius 2 is 2.04 bits per heavy atom. The van der Waals surface area contributed by atoms with Crippen molar-refractivity contribution < 1.29 is 23.2 Å². The van der Waals surface area contributed by atoms with Crippen LogP contribution in [0, 0.1) is 11.6 Å². The number of hydrogen-bond acceptors (Lipinski definition) is 4. The van der Waals surface area contributed by atoms with Crippen molar-refractivity contribution in [2.75, 3.05) is 31.9 Å². The van der Waals surface area contributed by atoms with Gasteiger partial charge in [0.15, 0.2) is 0 Å². The molecule has 3 rings (SSSR count). The quantitative estimate of drug-likeness (QED) is 0.847. The van der Waals surface area contributed by atoms with E-state index in [1.165, 1.54) is 22.7 Å². The van der Waals surface area contributed by atoms with Gasteiger partial charge in [-0.25, -0.2) is 13.6 Å². The number of nitrogens with one attached hydrogen (secondary N) is 1. The monoisotopic (exact) mass is 397 g/mol. The van der Waals surface area contributed by atoms with E-state index in [-0.39, 0.29) is 36.5 Å². The van der Waals surface area contributed by atoms with Crippen LogP contribution in [0.25, 0.3) is 0 Å². The van der Waals surface area contributed by atoms with Crippen molar-refractivity contribution in [3.05, 3.63) is 35.4 Å². The molecule has 9 heteroatoms. The van der Waals surface area contributed by atoms with Crippen LogP contribution >= 0.6 is 11.8 Å². The molecule has 0 saturated carbocycles. The number of urea groups is 1. The summed E-state index contributed by atoms with van der Waals surface area (Å²) in [5, 5.41) is 2.03. The highest BCUT2D eigenvalue weighted by atomic mass is 32.2. The molecule has 1 N–H and O–H groups in total. The molecule has 1 unspecified atom stereocenters. The lowest BCUT2D eigenvalue weighted by atomic mass is 10.1. The highest BCUT2D eigenvalue weighted by Gasteiger charge is 2.26. The van der Waals surface area contributed by atoms with E-state index in [1.807, 2.05) is 0 Å². The van der Waals surface area contributed by atoms with Crippen LogP contribution in [0.3, 0.4) is 0 Å². The number of carbonyl (C=O) groups is 3. The minimum Gasteiger partial charge on any atom is -0.342 e. The van der Waals surface area contributed by atoms with Crippen LogP contribution in [0.15, 0.2) is 18.2 Å². The van der Waals surface area contributed by atoms with E-state index in [9.17, 15) is 23.2 Å². The number of amides is 4. The lowest BCUT2D eigenvalue weighted by Gasteiger charge is -2.27. The fourth-order valence-corrected chi connectivity index (χ4v) is 4.47. The highest BCUT2D eigenvalue weighted by molar-refractivity contribution is 7.99. The standard InChI is InChI=1S/C18H21F2N3O3S/c19-12-1-2-14(20)13(11-12)15-3-6-22(9-10-27-15)17(25)5-8-23-7-4-16(24)21-18(23)26/h1-2,11,15H,3-10H2,(H,21,24,26). The Balaban J connectivity index is 1.53. The van der Waals surface area contributed by atoms with Crippen LogP contribution in [0.1, 0.15) is 30.1 Å². The van der Waals surface area contributed by atoms with Gasteiger partial charge in [0.05, 0.1) is 0 Å². The lowest BCUT2D eigenvalue weighted by molar-refractivity contribution is -0.131. The minimum absolute atomic E-state index is 0.0827. The Labute approximate surface area is 160 Å². The summed E-state index contributed by atoms with van der Waals surface area (Å²) in [5.74, 6) is -0.657. The van der Waals surface area contributed by atoms with E-state index in [0.29, 0.717) is 37.4 Å². The first-order valence-corrected chi connectivity index (χ1v) is 9.92. The molecule has 1 aromatic rings. The molecule has 2 saturated heterocycles. The first-order valence-electron chi connectivity index (χ1n) is 8.87. The predicted molar refractivity (Wildman–Crippen MR) is 97.1 cm³/mol. The zero-order valence-electron chi connectivity index (χ0n) is 14.7. The number of hydrogen-bond donors (Lipinski definition) is 1. The number of thioether (sulfide) groups is 1. The summed E-state index contributed by atoms with van der Waals surface area (Å²) in [6, 6.07) is 2.99. The van der Waals surface area contributed by atoms with Crippen LogP contribution in [-0.2, 0) is 9.59 Å². The SMILES string of the molecule is O=C1CCN(CCC(=O)N2CCSC(c3cc(F)ccc3F)CC2)C(=O)N1. The smallest absolute Gasteiger partial charge is 0.324 e. The molecule has 1 atom stereocenters. The molecule has 0 bridgehead atoms. The molecule has 0 aromatic heterocycles. The summed E-state index contributed by atoms with van der Waals surface area (Å²) in [6.07, 6.45) is 0.946. The summed E-state index contributed by atoms with van der Waals surface area (Å²) in [5.41, 5.74) is 0.337. The van der Waals surface area contributed by atoms with Crippen molar-refractivity contribution in [1.82, 2.24) is 15.1 Å². The van der Waals surface area contributed by atoms with E-state index in [2.05, 4.69) is 5.32 Å². The molecule has 146 valence electrons. The molecule has 1 aromatic carbocycles. The molecule has 0 radical (unpaired) electrons. The van der Waals surface area contributed by atoms with Crippen molar-refractivity contribution in [3.63, 3.8) is 0 Å². The van der Waals surface area contributed by atoms with Crippen molar-refractivity contribution in [2.24, 2.45) is 0 Å². The van der Waals surface area contributed by atoms with Gasteiger partial charge in [0, 0.05) is 55.6 Å². The zero-order chi connectivity index (χ0) is 19.4. The second-order valence-corrected chi connectivity index (χ2v) is 7.85. The third-order valence-electron chi connectivity index (χ3n) is 4.74. The van der Waals surface area contributed by atoms with Crippen LogP contribution in [0.2, 0.25) is 0 Å². The van der Waals surface area contributed by atoms with E-state index in [0.717, 1.165) is 12.1 Å². The van der Waals surface area contributed by atoms with Crippen molar-refractivity contribution in [3.8, 4) is 0 Å². The van der Waals surface area contributed by atoms with Crippen molar-refractivity contribution in [1.29, 1.82) is 0 Å². The summed E-state index contributed by atoms with van der Waals surface area (Å²) >= 11 is 1.52. The Bertz CT molecular complexity index is 747. The van der Waals surface area contributed by atoms with Gasteiger partial charge in [0.2, 0.25) is 11.8 Å². The van der Waals surface area contributed by atoms with Gasteiger partial charge in [-0.15, -0.1) is 0 Å². The second-order valence-electron chi connectivity index (χ2n) is 6.54. The molecule has 27 heavy (non-hydrogen) atoms. The molecule has 4 amide bonds. The van der Waals surface area contributed by atoms with Gasteiger partial charge in [-0.3, -0.25) is 14.9 Å². The first-order chi connectivity index (χ1) is 12.9. The summed E-state index contributed by atoms with van der Waals surface area (Å²) < 4.78 is 27.4. The summed E-state index contributed by atoms with van der Waals surface area (Å²) in [4.78, 5) is 38.5. The van der Waals surface area contributed by atoms with Gasteiger partial charge in [-0.2, -0.15) is 11.8 Å². The normalized spacial score (nSPS) is 21.0. The van der Waals surface area contributed by atoms with E-state index < -0.39 is 17.7 Å². The lowest BCUT2D eigenvalue weighted by Crippen LogP contribution is -2.50. The predicted octanol–water partition coefficient (Wildman–Crippen LogP) is 2.30. The Kier molecular flexibility index (Phi) is 6.30. The number of rotatable bonds is 4. The maximum Gasteiger partial charge on any atom is 0.324 e. The average molecular weight is 397 g/mol. The maximum atomic E-state index is 14.0. The molecular weight excluding hydrogens is 376 g/mol. The largest absolute Gasteiger partial charge is 0.342 e. The van der Waals surface area contributed by atoms with Crippen LogP contribution in [-0.4, -0.2) is 59.6 Å². The first kappa shape index (κ1) is 19.6. The van der Waals surface area contributed by atoms with Crippen molar-refractivity contribution >= 4 is 29.6 Å². The van der Waals surface area contributed by atoms with Gasteiger partial charge in [-0.1, -0.05) is 0 Å². The molecule has 0 spiro atoms. The summed E-state index contributed by atoms with van der Waals surface area (Å²) in [7, 11) is 0. The van der Waals surface area contributed by atoms with E-state index in [1.54, 1.807) is 4.90 Å². The summed E-state index contributed by atoms with van der Waals surface area (Å²) in [6.45, 7) is 1.55. The van der Waals surface area contributed by atoms with E-state index >= 15 is 0 Å². The number of halogens is 2. The zero-order valence-corrected chi connectivity index (χ0v) is 15.6. The average Bonchev–Trinajstić information content (AvgIpc) is 2.89. The number of nitrogens with zero attached hydrogens (tertiary/aromatic N) is 2. The minimum atomic E-state index is -0.470. The number of imide groups is 1. The van der Waals surface area contributed by atoms with Gasteiger partial charge < -0.3 is 9.80 Å². The maximum absolute atomic E-state index is 14.0. The molecule has 0 aliphatic carbocycles. The molecule has 2 heterocycles. The number of benzene rings is 1. The Morgan fingerprint density at radius 1 is 1.22 bits per heavy atom.